The number of carbonyl (C=O) groups is 1. The van der Waals surface area contributed by atoms with E-state index in [1.165, 1.54) is 17.6 Å². The van der Waals surface area contributed by atoms with Crippen LogP contribution in [0.2, 0.25) is 0 Å². The van der Waals surface area contributed by atoms with Crippen molar-refractivity contribution < 1.29 is 19.0 Å². The van der Waals surface area contributed by atoms with Crippen LogP contribution in [0.3, 0.4) is 0 Å². The van der Waals surface area contributed by atoms with Gasteiger partial charge in [-0.2, -0.15) is 0 Å². The molecule has 0 bridgehead atoms. The van der Waals surface area contributed by atoms with E-state index in [1.54, 1.807) is 12.0 Å². The minimum Gasteiger partial charge on any atom is -0.497 e. The second-order valence-corrected chi connectivity index (χ2v) is 6.80. The number of ether oxygens (including phenoxy) is 3. The van der Waals surface area contributed by atoms with E-state index in [-0.39, 0.29) is 24.1 Å². The summed E-state index contributed by atoms with van der Waals surface area (Å²) in [6.07, 6.45) is 1.38. The topological polar surface area (TPSA) is 64.1 Å². The highest BCUT2D eigenvalue weighted by Gasteiger charge is 2.26. The Balaban J connectivity index is 0.00000243. The average Bonchev–Trinajstić information content (AvgIpc) is 3.04. The number of hydrogen-bond donors (Lipinski definition) is 0. The van der Waals surface area contributed by atoms with Crippen LogP contribution in [0.25, 0.3) is 10.2 Å². The van der Waals surface area contributed by atoms with E-state index in [4.69, 9.17) is 14.2 Å². The van der Waals surface area contributed by atoms with Crippen LogP contribution in [-0.2, 0) is 14.3 Å². The molecule has 0 N–H and O–H groups in total. The Morgan fingerprint density at radius 2 is 2.12 bits per heavy atom. The summed E-state index contributed by atoms with van der Waals surface area (Å²) in [7, 11) is 5.55. The van der Waals surface area contributed by atoms with Crippen LogP contribution < -0.4 is 9.64 Å². The van der Waals surface area contributed by atoms with Gasteiger partial charge in [-0.1, -0.05) is 11.3 Å². The van der Waals surface area contributed by atoms with Crippen molar-refractivity contribution in [2.75, 3.05) is 52.4 Å². The van der Waals surface area contributed by atoms with E-state index in [2.05, 4.69) is 4.98 Å². The molecule has 7 nitrogen and oxygen atoms in total. The molecule has 0 spiro atoms. The number of aromatic nitrogens is 1. The van der Waals surface area contributed by atoms with Crippen molar-refractivity contribution in [2.24, 2.45) is 0 Å². The maximum absolute atomic E-state index is 12.9. The molecular formula is C17H22ClN3O4S. The van der Waals surface area contributed by atoms with Gasteiger partial charge >= 0.3 is 0 Å². The fourth-order valence-corrected chi connectivity index (χ4v) is 3.31. The molecule has 0 saturated heterocycles. The minimum absolute atomic E-state index is 0. The van der Waals surface area contributed by atoms with Gasteiger partial charge in [-0.05, 0) is 26.2 Å². The molecule has 9 heteroatoms. The van der Waals surface area contributed by atoms with Gasteiger partial charge in [0.2, 0.25) is 5.76 Å². The average molecular weight is 400 g/mol. The van der Waals surface area contributed by atoms with Crippen molar-refractivity contribution in [1.29, 1.82) is 0 Å². The Hall–Kier alpha value is -2.03. The monoisotopic (exact) mass is 399 g/mol. The number of nitrogens with zero attached hydrogens (tertiary/aromatic N) is 3. The van der Waals surface area contributed by atoms with E-state index in [0.717, 1.165) is 16.0 Å². The highest BCUT2D eigenvalue weighted by Crippen LogP contribution is 2.32. The normalized spacial score (nSPS) is 13.5. The molecule has 0 unspecified atom stereocenters. The number of likely N-dealkylation sites (N-methyl/N-ethyl adjacent to an activating group) is 1. The summed E-state index contributed by atoms with van der Waals surface area (Å²) in [6, 6.07) is 5.70. The van der Waals surface area contributed by atoms with E-state index in [1.807, 2.05) is 37.2 Å². The van der Waals surface area contributed by atoms with Crippen LogP contribution in [0.1, 0.15) is 0 Å². The van der Waals surface area contributed by atoms with Crippen molar-refractivity contribution in [3.8, 4) is 5.75 Å². The quantitative estimate of drug-likeness (QED) is 0.743. The van der Waals surface area contributed by atoms with Gasteiger partial charge in [0.05, 0.1) is 17.3 Å². The Morgan fingerprint density at radius 3 is 2.77 bits per heavy atom. The van der Waals surface area contributed by atoms with Gasteiger partial charge < -0.3 is 19.1 Å². The number of thiazole rings is 1. The van der Waals surface area contributed by atoms with Crippen molar-refractivity contribution in [3.63, 3.8) is 0 Å². The number of halogens is 1. The molecule has 0 radical (unpaired) electrons. The van der Waals surface area contributed by atoms with Crippen molar-refractivity contribution >= 4 is 45.0 Å². The van der Waals surface area contributed by atoms with E-state index in [9.17, 15) is 4.79 Å². The molecule has 1 amide bonds. The molecule has 26 heavy (non-hydrogen) atoms. The van der Waals surface area contributed by atoms with Crippen LogP contribution in [0.15, 0.2) is 30.2 Å². The molecule has 0 atom stereocenters. The molecule has 1 aliphatic heterocycles. The first-order valence-electron chi connectivity index (χ1n) is 7.94. The van der Waals surface area contributed by atoms with Crippen LogP contribution in [0.5, 0.6) is 5.75 Å². The summed E-state index contributed by atoms with van der Waals surface area (Å²) < 4.78 is 16.9. The van der Waals surface area contributed by atoms with Gasteiger partial charge in [0.25, 0.3) is 5.91 Å². The fourth-order valence-electron chi connectivity index (χ4n) is 2.34. The number of rotatable bonds is 6. The van der Waals surface area contributed by atoms with Gasteiger partial charge in [-0.3, -0.25) is 9.69 Å². The number of amides is 1. The molecule has 1 aromatic carbocycles. The molecule has 1 aromatic heterocycles. The zero-order valence-electron chi connectivity index (χ0n) is 14.9. The molecule has 0 fully saturated rings. The van der Waals surface area contributed by atoms with Crippen molar-refractivity contribution in [2.45, 2.75) is 0 Å². The number of methoxy groups -OCH3 is 1. The van der Waals surface area contributed by atoms with Crippen LogP contribution in [0, 0.1) is 0 Å². The second-order valence-electron chi connectivity index (χ2n) is 5.79. The molecule has 142 valence electrons. The summed E-state index contributed by atoms with van der Waals surface area (Å²) in [4.78, 5) is 21.2. The number of carbonyl (C=O) groups excluding carboxylic acids is 1. The number of fused-ring (bicyclic) bond motifs is 1. The Kier molecular flexibility index (Phi) is 7.07. The lowest BCUT2D eigenvalue weighted by molar-refractivity contribution is -0.119. The lowest BCUT2D eigenvalue weighted by Gasteiger charge is -2.24. The van der Waals surface area contributed by atoms with Crippen molar-refractivity contribution in [1.82, 2.24) is 9.88 Å². The maximum Gasteiger partial charge on any atom is 0.298 e. The first-order chi connectivity index (χ1) is 12.1. The summed E-state index contributed by atoms with van der Waals surface area (Å²) in [6.45, 7) is 2.04. The summed E-state index contributed by atoms with van der Waals surface area (Å²) >= 11 is 1.46. The third kappa shape index (κ3) is 4.57. The highest BCUT2D eigenvalue weighted by atomic mass is 35.5. The number of benzene rings is 1. The fraction of sp³-hybridized carbons (Fsp3) is 0.412. The molecule has 3 rings (SSSR count). The summed E-state index contributed by atoms with van der Waals surface area (Å²) in [5, 5.41) is 0.630. The Morgan fingerprint density at radius 1 is 1.31 bits per heavy atom. The van der Waals surface area contributed by atoms with E-state index >= 15 is 0 Å². The van der Waals surface area contributed by atoms with Gasteiger partial charge in [0.15, 0.2) is 5.13 Å². The van der Waals surface area contributed by atoms with Gasteiger partial charge in [-0.25, -0.2) is 4.98 Å². The predicted octanol–water partition coefficient (Wildman–Crippen LogP) is 2.51. The molecular weight excluding hydrogens is 378 g/mol. The summed E-state index contributed by atoms with van der Waals surface area (Å²) in [5.41, 5.74) is 0.803. The first-order valence-corrected chi connectivity index (χ1v) is 8.76. The maximum atomic E-state index is 12.9. The molecule has 0 saturated carbocycles. The Bertz CT molecular complexity index is 793. The lowest BCUT2D eigenvalue weighted by atomic mass is 10.3. The zero-order valence-corrected chi connectivity index (χ0v) is 16.6. The number of anilines is 1. The largest absolute Gasteiger partial charge is 0.497 e. The van der Waals surface area contributed by atoms with E-state index in [0.29, 0.717) is 31.4 Å². The van der Waals surface area contributed by atoms with Gasteiger partial charge in [0, 0.05) is 19.2 Å². The lowest BCUT2D eigenvalue weighted by Crippen LogP contribution is -2.38. The number of hydrogen-bond acceptors (Lipinski definition) is 7. The standard InChI is InChI=1S/C17H21N3O4S.ClH/c1-19(2)6-7-20(16(21)14-11-23-8-9-24-14)17-18-13-10-12(22-3)4-5-15(13)25-17;/h4-5,10-11H,6-9H2,1-3H3;1H. The Labute approximate surface area is 162 Å². The second kappa shape index (κ2) is 9.07. The van der Waals surface area contributed by atoms with Gasteiger partial charge in [-0.15, -0.1) is 12.4 Å². The predicted molar refractivity (Wildman–Crippen MR) is 104 cm³/mol. The zero-order chi connectivity index (χ0) is 17.8. The smallest absolute Gasteiger partial charge is 0.298 e. The highest BCUT2D eigenvalue weighted by molar-refractivity contribution is 7.22. The van der Waals surface area contributed by atoms with Crippen LogP contribution >= 0.6 is 23.7 Å². The third-order valence-electron chi connectivity index (χ3n) is 3.69. The third-order valence-corrected chi connectivity index (χ3v) is 4.75. The molecule has 2 aromatic rings. The summed E-state index contributed by atoms with van der Waals surface area (Å²) in [5.74, 6) is 0.705. The van der Waals surface area contributed by atoms with Gasteiger partial charge in [0.1, 0.15) is 25.2 Å². The molecule has 2 heterocycles. The van der Waals surface area contributed by atoms with Crippen LogP contribution in [-0.4, -0.2) is 63.3 Å². The molecule has 0 aliphatic carbocycles. The van der Waals surface area contributed by atoms with Crippen molar-refractivity contribution in [3.05, 3.63) is 30.2 Å². The SMILES string of the molecule is COc1ccc2sc(N(CCN(C)C)C(=O)C3=COCCO3)nc2c1.Cl. The molecule has 1 aliphatic rings. The minimum atomic E-state index is -0.243. The first kappa shape index (κ1) is 20.3. The van der Waals surface area contributed by atoms with Crippen LogP contribution in [0.4, 0.5) is 5.13 Å². The van der Waals surface area contributed by atoms with E-state index < -0.39 is 0 Å².